The lowest BCUT2D eigenvalue weighted by atomic mass is 10.1. The third kappa shape index (κ3) is 2.34. The van der Waals surface area contributed by atoms with Gasteiger partial charge in [0.25, 0.3) is 5.56 Å². The van der Waals surface area contributed by atoms with Crippen molar-refractivity contribution in [3.63, 3.8) is 0 Å². The van der Waals surface area contributed by atoms with Crippen LogP contribution in [0.15, 0.2) is 29.1 Å². The number of nitrogens with two attached hydrogens (primary N) is 1. The minimum Gasteiger partial charge on any atom is -0.480 e. The van der Waals surface area contributed by atoms with Crippen LogP contribution in [0.1, 0.15) is 5.56 Å². The Labute approximate surface area is 108 Å². The summed E-state index contributed by atoms with van der Waals surface area (Å²) >= 11 is 0. The largest absolute Gasteiger partial charge is 0.480 e. The van der Waals surface area contributed by atoms with E-state index in [0.717, 1.165) is 0 Å². The van der Waals surface area contributed by atoms with Gasteiger partial charge >= 0.3 is 5.97 Å². The molecule has 3 N–H and O–H groups in total. The first-order valence-electron chi connectivity index (χ1n) is 5.67. The highest BCUT2D eigenvalue weighted by Crippen LogP contribution is 2.16. The molecule has 2 rings (SSSR count). The number of halogens is 1. The highest BCUT2D eigenvalue weighted by molar-refractivity contribution is 5.80. The van der Waals surface area contributed by atoms with Crippen molar-refractivity contribution in [2.75, 3.05) is 0 Å². The Hall–Kier alpha value is -2.21. The van der Waals surface area contributed by atoms with Gasteiger partial charge in [0.05, 0.1) is 5.52 Å². The summed E-state index contributed by atoms with van der Waals surface area (Å²) < 4.78 is 14.8. The molecule has 1 unspecified atom stereocenters. The number of carboxylic acid groups (broad SMARTS) is 1. The maximum atomic E-state index is 13.7. The Bertz CT molecular complexity index is 709. The second kappa shape index (κ2) is 4.81. The third-order valence-corrected chi connectivity index (χ3v) is 3.02. The lowest BCUT2D eigenvalue weighted by molar-refractivity contribution is -0.138. The number of hydrogen-bond donors (Lipinski definition) is 2. The second-order valence-corrected chi connectivity index (χ2v) is 4.36. The summed E-state index contributed by atoms with van der Waals surface area (Å²) in [4.78, 5) is 22.8. The van der Waals surface area contributed by atoms with E-state index in [4.69, 9.17) is 10.8 Å². The van der Waals surface area contributed by atoms with E-state index in [-0.39, 0.29) is 17.5 Å². The summed E-state index contributed by atoms with van der Waals surface area (Å²) in [6, 6.07) is 4.80. The molecule has 100 valence electrons. The Morgan fingerprint density at radius 3 is 2.84 bits per heavy atom. The van der Waals surface area contributed by atoms with Gasteiger partial charge in [0.2, 0.25) is 0 Å². The highest BCUT2D eigenvalue weighted by Gasteiger charge is 2.16. The normalized spacial score (nSPS) is 12.6. The van der Waals surface area contributed by atoms with Crippen molar-refractivity contribution in [2.45, 2.75) is 12.5 Å². The van der Waals surface area contributed by atoms with Crippen LogP contribution in [-0.4, -0.2) is 21.7 Å². The molecule has 0 aliphatic carbocycles. The van der Waals surface area contributed by atoms with Crippen LogP contribution in [0.3, 0.4) is 0 Å². The van der Waals surface area contributed by atoms with Crippen molar-refractivity contribution < 1.29 is 14.3 Å². The number of benzene rings is 1. The Kier molecular flexibility index (Phi) is 3.35. The number of aliphatic carboxylic acids is 1. The molecule has 1 heterocycles. The van der Waals surface area contributed by atoms with E-state index in [1.807, 2.05) is 0 Å². The molecular formula is C13H13FN2O3. The van der Waals surface area contributed by atoms with E-state index in [1.165, 1.54) is 29.8 Å². The predicted molar refractivity (Wildman–Crippen MR) is 68.5 cm³/mol. The van der Waals surface area contributed by atoms with Crippen LogP contribution in [0, 0.1) is 5.82 Å². The van der Waals surface area contributed by atoms with E-state index in [1.54, 1.807) is 6.07 Å². The van der Waals surface area contributed by atoms with E-state index >= 15 is 0 Å². The summed E-state index contributed by atoms with van der Waals surface area (Å²) in [5.41, 5.74) is 5.44. The average molecular weight is 264 g/mol. The number of fused-ring (bicyclic) bond motifs is 1. The number of aryl methyl sites for hydroxylation is 1. The number of hydrogen-bond acceptors (Lipinski definition) is 3. The zero-order chi connectivity index (χ0) is 14.2. The quantitative estimate of drug-likeness (QED) is 0.851. The molecule has 0 saturated carbocycles. The van der Waals surface area contributed by atoms with E-state index in [9.17, 15) is 14.0 Å². The van der Waals surface area contributed by atoms with Gasteiger partial charge in [0, 0.05) is 24.4 Å². The third-order valence-electron chi connectivity index (χ3n) is 3.02. The number of nitrogens with zero attached hydrogens (tertiary/aromatic N) is 1. The molecule has 0 radical (unpaired) electrons. The number of para-hydroxylation sites is 1. The fourth-order valence-electron chi connectivity index (χ4n) is 2.04. The summed E-state index contributed by atoms with van der Waals surface area (Å²) in [5, 5.41) is 9.30. The van der Waals surface area contributed by atoms with Crippen molar-refractivity contribution in [2.24, 2.45) is 12.8 Å². The maximum Gasteiger partial charge on any atom is 0.320 e. The smallest absolute Gasteiger partial charge is 0.320 e. The minimum atomic E-state index is -1.18. The second-order valence-electron chi connectivity index (χ2n) is 4.36. The Morgan fingerprint density at radius 1 is 1.53 bits per heavy atom. The fourth-order valence-corrected chi connectivity index (χ4v) is 2.04. The van der Waals surface area contributed by atoms with Crippen molar-refractivity contribution in [1.82, 2.24) is 4.57 Å². The van der Waals surface area contributed by atoms with Crippen molar-refractivity contribution in [3.05, 3.63) is 46.0 Å². The standard InChI is InChI=1S/C13H13FN2O3/c1-16-11-7(3-2-4-9(11)14)5-8(12(16)17)6-10(15)13(18)19/h2-5,10H,6,15H2,1H3,(H,18,19). The van der Waals surface area contributed by atoms with Crippen LogP contribution < -0.4 is 11.3 Å². The number of pyridine rings is 1. The van der Waals surface area contributed by atoms with E-state index in [2.05, 4.69) is 0 Å². The average Bonchev–Trinajstić information content (AvgIpc) is 2.35. The first-order chi connectivity index (χ1) is 8.91. The number of carbonyl (C=O) groups is 1. The van der Waals surface area contributed by atoms with Crippen molar-refractivity contribution >= 4 is 16.9 Å². The lowest BCUT2D eigenvalue weighted by Gasteiger charge is -2.11. The lowest BCUT2D eigenvalue weighted by Crippen LogP contribution is -2.35. The number of aromatic nitrogens is 1. The van der Waals surface area contributed by atoms with Crippen molar-refractivity contribution in [3.8, 4) is 0 Å². The molecule has 0 saturated heterocycles. The molecular weight excluding hydrogens is 251 g/mol. The molecule has 0 fully saturated rings. The van der Waals surface area contributed by atoms with Crippen LogP contribution in [0.25, 0.3) is 10.9 Å². The van der Waals surface area contributed by atoms with Crippen LogP contribution in [0.2, 0.25) is 0 Å². The maximum absolute atomic E-state index is 13.7. The molecule has 1 atom stereocenters. The Balaban J connectivity index is 2.62. The molecule has 2 aromatic rings. The zero-order valence-electron chi connectivity index (χ0n) is 10.3. The Morgan fingerprint density at radius 2 is 2.21 bits per heavy atom. The fraction of sp³-hybridized carbons (Fsp3) is 0.231. The topological polar surface area (TPSA) is 85.3 Å². The summed E-state index contributed by atoms with van der Waals surface area (Å²) in [6.45, 7) is 0. The van der Waals surface area contributed by atoms with Gasteiger partial charge in [-0.25, -0.2) is 4.39 Å². The van der Waals surface area contributed by atoms with Gasteiger partial charge in [-0.2, -0.15) is 0 Å². The molecule has 6 heteroatoms. The zero-order valence-corrected chi connectivity index (χ0v) is 10.3. The molecule has 0 spiro atoms. The first-order valence-corrected chi connectivity index (χ1v) is 5.67. The van der Waals surface area contributed by atoms with Crippen LogP contribution in [-0.2, 0) is 18.3 Å². The number of rotatable bonds is 3. The van der Waals surface area contributed by atoms with Gasteiger partial charge in [-0.15, -0.1) is 0 Å². The molecule has 0 aliphatic heterocycles. The van der Waals surface area contributed by atoms with Gasteiger partial charge in [-0.05, 0) is 12.1 Å². The van der Waals surface area contributed by atoms with E-state index < -0.39 is 23.4 Å². The molecule has 0 amide bonds. The van der Waals surface area contributed by atoms with Gasteiger partial charge in [0.15, 0.2) is 0 Å². The van der Waals surface area contributed by atoms with Crippen molar-refractivity contribution in [1.29, 1.82) is 0 Å². The summed E-state index contributed by atoms with van der Waals surface area (Å²) in [6.07, 6.45) is -0.0888. The summed E-state index contributed by atoms with van der Waals surface area (Å²) in [5.74, 6) is -1.67. The SMILES string of the molecule is Cn1c(=O)c(CC(N)C(=O)O)cc2cccc(F)c21. The minimum absolute atomic E-state index is 0.0888. The van der Waals surface area contributed by atoms with Gasteiger partial charge in [-0.1, -0.05) is 12.1 Å². The van der Waals surface area contributed by atoms with Crippen LogP contribution in [0.5, 0.6) is 0 Å². The molecule has 0 bridgehead atoms. The highest BCUT2D eigenvalue weighted by atomic mass is 19.1. The van der Waals surface area contributed by atoms with E-state index in [0.29, 0.717) is 5.39 Å². The molecule has 0 aliphatic rings. The molecule has 5 nitrogen and oxygen atoms in total. The summed E-state index contributed by atoms with van der Waals surface area (Å²) in [7, 11) is 1.45. The first kappa shape index (κ1) is 13.2. The van der Waals surface area contributed by atoms with Crippen LogP contribution in [0.4, 0.5) is 4.39 Å². The van der Waals surface area contributed by atoms with Gasteiger partial charge in [-0.3, -0.25) is 9.59 Å². The van der Waals surface area contributed by atoms with Crippen LogP contribution >= 0.6 is 0 Å². The predicted octanol–water partition coefficient (Wildman–Crippen LogP) is 0.632. The number of carboxylic acids is 1. The van der Waals surface area contributed by atoms with Gasteiger partial charge < -0.3 is 15.4 Å². The monoisotopic (exact) mass is 264 g/mol. The molecule has 1 aromatic carbocycles. The molecule has 1 aromatic heterocycles. The molecule has 19 heavy (non-hydrogen) atoms. The van der Waals surface area contributed by atoms with Gasteiger partial charge in [0.1, 0.15) is 11.9 Å².